The van der Waals surface area contributed by atoms with Crippen LogP contribution >= 0.6 is 0 Å². The molecule has 0 fully saturated rings. The van der Waals surface area contributed by atoms with E-state index in [0.717, 1.165) is 30.7 Å². The molecule has 2 rings (SSSR count). The molecule has 0 aliphatic carbocycles. The van der Waals surface area contributed by atoms with Crippen molar-refractivity contribution in [2.75, 3.05) is 0 Å². The maximum Gasteiger partial charge on any atom is 0.160 e. The number of fused-ring (bicyclic) bond motifs is 1. The third-order valence-corrected chi connectivity index (χ3v) is 2.54. The quantitative estimate of drug-likeness (QED) is 0.827. The van der Waals surface area contributed by atoms with Gasteiger partial charge in [0, 0.05) is 6.20 Å². The Kier molecular flexibility index (Phi) is 2.97. The van der Waals surface area contributed by atoms with Gasteiger partial charge in [0.2, 0.25) is 0 Å². The molecule has 0 radical (unpaired) electrons. The van der Waals surface area contributed by atoms with Crippen molar-refractivity contribution < 1.29 is 0 Å². The van der Waals surface area contributed by atoms with Crippen LogP contribution in [0.1, 0.15) is 38.1 Å². The maximum atomic E-state index is 6.07. The van der Waals surface area contributed by atoms with E-state index in [4.69, 9.17) is 5.73 Å². The summed E-state index contributed by atoms with van der Waals surface area (Å²) < 4.78 is 1.96. The second-order valence-corrected chi connectivity index (χ2v) is 3.74. The third kappa shape index (κ3) is 1.99. The van der Waals surface area contributed by atoms with Gasteiger partial charge in [0.1, 0.15) is 0 Å². The predicted molar refractivity (Wildman–Crippen MR) is 59.4 cm³/mol. The Labute approximate surface area is 89.1 Å². The van der Waals surface area contributed by atoms with Crippen LogP contribution in [0.5, 0.6) is 0 Å². The largest absolute Gasteiger partial charge is 0.321 e. The molecule has 0 saturated heterocycles. The lowest BCUT2D eigenvalue weighted by molar-refractivity contribution is 0.570. The van der Waals surface area contributed by atoms with E-state index in [0.29, 0.717) is 0 Å². The van der Waals surface area contributed by atoms with Gasteiger partial charge in [-0.05, 0) is 18.6 Å². The average Bonchev–Trinajstić information content (AvgIpc) is 2.69. The van der Waals surface area contributed by atoms with Crippen LogP contribution in [0.15, 0.2) is 24.4 Å². The molecule has 4 nitrogen and oxygen atoms in total. The Hall–Kier alpha value is -1.42. The fourth-order valence-corrected chi connectivity index (χ4v) is 1.67. The second kappa shape index (κ2) is 4.40. The van der Waals surface area contributed by atoms with Crippen LogP contribution in [0.2, 0.25) is 0 Å². The first-order chi connectivity index (χ1) is 7.33. The zero-order chi connectivity index (χ0) is 10.7. The number of nitrogens with two attached hydrogens (primary N) is 1. The highest BCUT2D eigenvalue weighted by Gasteiger charge is 2.12. The minimum atomic E-state index is -0.0117. The Bertz CT molecular complexity index is 435. The van der Waals surface area contributed by atoms with Gasteiger partial charge in [0.15, 0.2) is 11.5 Å². The van der Waals surface area contributed by atoms with Crippen LogP contribution in [-0.2, 0) is 0 Å². The van der Waals surface area contributed by atoms with Crippen molar-refractivity contribution in [2.24, 2.45) is 5.73 Å². The van der Waals surface area contributed by atoms with E-state index in [9.17, 15) is 0 Å². The average molecular weight is 204 g/mol. The van der Waals surface area contributed by atoms with Crippen LogP contribution in [0.4, 0.5) is 0 Å². The van der Waals surface area contributed by atoms with Crippen LogP contribution < -0.4 is 5.73 Å². The first-order valence-electron chi connectivity index (χ1n) is 5.38. The van der Waals surface area contributed by atoms with Crippen molar-refractivity contribution in [1.29, 1.82) is 0 Å². The van der Waals surface area contributed by atoms with Crippen LogP contribution in [0.25, 0.3) is 5.65 Å². The highest BCUT2D eigenvalue weighted by Crippen LogP contribution is 2.15. The fraction of sp³-hybridized carbons (Fsp3) is 0.455. The lowest BCUT2D eigenvalue weighted by Gasteiger charge is -2.08. The number of rotatable bonds is 4. The number of pyridine rings is 1. The summed E-state index contributed by atoms with van der Waals surface area (Å²) in [6.45, 7) is 2.16. The van der Waals surface area contributed by atoms with Gasteiger partial charge in [0.25, 0.3) is 0 Å². The van der Waals surface area contributed by atoms with E-state index in [-0.39, 0.29) is 6.04 Å². The summed E-state index contributed by atoms with van der Waals surface area (Å²) in [5.41, 5.74) is 6.93. The van der Waals surface area contributed by atoms with Crippen LogP contribution in [0, 0.1) is 0 Å². The molecule has 0 aliphatic rings. The van der Waals surface area contributed by atoms with Gasteiger partial charge in [-0.25, -0.2) is 0 Å². The number of nitrogens with zero attached hydrogens (tertiary/aromatic N) is 3. The third-order valence-electron chi connectivity index (χ3n) is 2.54. The molecule has 15 heavy (non-hydrogen) atoms. The highest BCUT2D eigenvalue weighted by molar-refractivity contribution is 5.37. The minimum absolute atomic E-state index is 0.0117. The van der Waals surface area contributed by atoms with Gasteiger partial charge in [-0.3, -0.25) is 4.40 Å². The molecule has 2 heterocycles. The molecule has 80 valence electrons. The fourth-order valence-electron chi connectivity index (χ4n) is 1.67. The van der Waals surface area contributed by atoms with Gasteiger partial charge in [-0.1, -0.05) is 25.8 Å². The van der Waals surface area contributed by atoms with Crippen molar-refractivity contribution in [1.82, 2.24) is 14.6 Å². The summed E-state index contributed by atoms with van der Waals surface area (Å²) in [5, 5.41) is 8.22. The lowest BCUT2D eigenvalue weighted by Crippen LogP contribution is -2.13. The number of hydrogen-bond donors (Lipinski definition) is 1. The zero-order valence-electron chi connectivity index (χ0n) is 8.93. The van der Waals surface area contributed by atoms with Gasteiger partial charge >= 0.3 is 0 Å². The number of hydrogen-bond acceptors (Lipinski definition) is 3. The van der Waals surface area contributed by atoms with Gasteiger partial charge in [-0.15, -0.1) is 10.2 Å². The first-order valence-corrected chi connectivity index (χ1v) is 5.38. The Morgan fingerprint density at radius 3 is 3.07 bits per heavy atom. The molecular weight excluding hydrogens is 188 g/mol. The summed E-state index contributed by atoms with van der Waals surface area (Å²) in [4.78, 5) is 0. The van der Waals surface area contributed by atoms with Crippen molar-refractivity contribution in [3.8, 4) is 0 Å². The SMILES string of the molecule is CCCCC(N)c1nnc2ccccn12. The van der Waals surface area contributed by atoms with E-state index in [1.54, 1.807) is 0 Å². The smallest absolute Gasteiger partial charge is 0.160 e. The summed E-state index contributed by atoms with van der Waals surface area (Å²) >= 11 is 0. The lowest BCUT2D eigenvalue weighted by atomic mass is 10.1. The molecule has 0 bridgehead atoms. The van der Waals surface area contributed by atoms with Crippen molar-refractivity contribution in [3.63, 3.8) is 0 Å². The highest BCUT2D eigenvalue weighted by atomic mass is 15.3. The van der Waals surface area contributed by atoms with Crippen molar-refractivity contribution in [2.45, 2.75) is 32.2 Å². The minimum Gasteiger partial charge on any atom is -0.321 e. The monoisotopic (exact) mass is 204 g/mol. The molecule has 2 N–H and O–H groups in total. The molecule has 1 unspecified atom stereocenters. The van der Waals surface area contributed by atoms with E-state index >= 15 is 0 Å². The maximum absolute atomic E-state index is 6.07. The summed E-state index contributed by atoms with van der Waals surface area (Å²) in [6.07, 6.45) is 5.20. The summed E-state index contributed by atoms with van der Waals surface area (Å²) in [7, 11) is 0. The van der Waals surface area contributed by atoms with E-state index in [1.807, 2.05) is 28.8 Å². The zero-order valence-corrected chi connectivity index (χ0v) is 8.93. The van der Waals surface area contributed by atoms with Crippen molar-refractivity contribution >= 4 is 5.65 Å². The molecule has 2 aromatic rings. The Balaban J connectivity index is 2.27. The molecule has 0 aliphatic heterocycles. The topological polar surface area (TPSA) is 56.2 Å². The predicted octanol–water partition coefficient (Wildman–Crippen LogP) is 1.92. The van der Waals surface area contributed by atoms with E-state index in [2.05, 4.69) is 17.1 Å². The molecule has 0 aromatic carbocycles. The van der Waals surface area contributed by atoms with E-state index in [1.165, 1.54) is 0 Å². The van der Waals surface area contributed by atoms with Gasteiger partial charge in [-0.2, -0.15) is 0 Å². The van der Waals surface area contributed by atoms with Gasteiger partial charge < -0.3 is 5.73 Å². The standard InChI is InChI=1S/C11H16N4/c1-2-3-6-9(12)11-14-13-10-7-4-5-8-15(10)11/h4-5,7-9H,2-3,6,12H2,1H3. The first kappa shape index (κ1) is 10.1. The molecule has 0 spiro atoms. The molecule has 4 heteroatoms. The van der Waals surface area contributed by atoms with Gasteiger partial charge in [0.05, 0.1) is 6.04 Å². The Morgan fingerprint density at radius 1 is 1.40 bits per heavy atom. The molecule has 0 saturated carbocycles. The second-order valence-electron chi connectivity index (χ2n) is 3.74. The van der Waals surface area contributed by atoms with Crippen LogP contribution in [-0.4, -0.2) is 14.6 Å². The molecule has 1 atom stereocenters. The van der Waals surface area contributed by atoms with Crippen molar-refractivity contribution in [3.05, 3.63) is 30.2 Å². The summed E-state index contributed by atoms with van der Waals surface area (Å²) in [5.74, 6) is 0.860. The summed E-state index contributed by atoms with van der Waals surface area (Å²) in [6, 6.07) is 5.84. The van der Waals surface area contributed by atoms with E-state index < -0.39 is 0 Å². The molecular formula is C11H16N4. The van der Waals surface area contributed by atoms with Crippen LogP contribution in [0.3, 0.4) is 0 Å². The molecule has 0 amide bonds. The normalized spacial score (nSPS) is 13.2. The molecule has 2 aromatic heterocycles. The number of unbranched alkanes of at least 4 members (excludes halogenated alkanes) is 1. The number of aromatic nitrogens is 3. The Morgan fingerprint density at radius 2 is 2.27 bits per heavy atom.